The fourth-order valence-electron chi connectivity index (χ4n) is 1.49. The van der Waals surface area contributed by atoms with Crippen LogP contribution < -0.4 is 15.8 Å². The maximum absolute atomic E-state index is 5.97. The Labute approximate surface area is 109 Å². The Hall–Kier alpha value is -1.52. The molecule has 0 saturated heterocycles. The van der Waals surface area contributed by atoms with Crippen molar-refractivity contribution in [3.8, 4) is 5.88 Å². The summed E-state index contributed by atoms with van der Waals surface area (Å²) < 4.78 is 5.19. The van der Waals surface area contributed by atoms with E-state index in [-0.39, 0.29) is 5.92 Å². The summed E-state index contributed by atoms with van der Waals surface area (Å²) in [5.74, 6) is 2.75. The maximum atomic E-state index is 5.97. The van der Waals surface area contributed by atoms with E-state index in [0.29, 0.717) is 23.3 Å². The zero-order valence-electron chi connectivity index (χ0n) is 11.9. The normalized spacial score (nSPS) is 11.1. The van der Waals surface area contributed by atoms with Crippen molar-refractivity contribution in [1.82, 2.24) is 9.97 Å². The van der Waals surface area contributed by atoms with E-state index in [2.05, 4.69) is 29.1 Å². The molecule has 0 aliphatic heterocycles. The van der Waals surface area contributed by atoms with Gasteiger partial charge in [0, 0.05) is 12.5 Å². The molecule has 0 aliphatic rings. The van der Waals surface area contributed by atoms with Crippen LogP contribution in [-0.2, 0) is 0 Å². The number of anilines is 2. The lowest BCUT2D eigenvalue weighted by Crippen LogP contribution is -2.12. The third-order valence-corrected chi connectivity index (χ3v) is 2.65. The van der Waals surface area contributed by atoms with Crippen molar-refractivity contribution < 1.29 is 4.74 Å². The average molecular weight is 252 g/mol. The van der Waals surface area contributed by atoms with E-state index in [0.717, 1.165) is 18.8 Å². The SMILES string of the molecule is COc1nc(C(C)C)nc(NCCC(C)C)c1N. The molecule has 0 saturated carbocycles. The van der Waals surface area contributed by atoms with Gasteiger partial charge in [-0.1, -0.05) is 27.7 Å². The summed E-state index contributed by atoms with van der Waals surface area (Å²) in [6.45, 7) is 9.31. The molecule has 0 amide bonds. The summed E-state index contributed by atoms with van der Waals surface area (Å²) in [6, 6.07) is 0. The number of nitrogens with two attached hydrogens (primary N) is 1. The monoisotopic (exact) mass is 252 g/mol. The molecule has 5 heteroatoms. The van der Waals surface area contributed by atoms with E-state index in [1.807, 2.05) is 13.8 Å². The van der Waals surface area contributed by atoms with Gasteiger partial charge >= 0.3 is 0 Å². The lowest BCUT2D eigenvalue weighted by molar-refractivity contribution is 0.396. The molecule has 0 aliphatic carbocycles. The first-order valence-electron chi connectivity index (χ1n) is 6.41. The number of rotatable bonds is 6. The van der Waals surface area contributed by atoms with E-state index in [1.165, 1.54) is 0 Å². The topological polar surface area (TPSA) is 73.1 Å². The van der Waals surface area contributed by atoms with Crippen LogP contribution in [0.25, 0.3) is 0 Å². The molecule has 102 valence electrons. The number of nitrogen functional groups attached to an aromatic ring is 1. The molecule has 1 rings (SSSR count). The Morgan fingerprint density at radius 2 is 1.89 bits per heavy atom. The lowest BCUT2D eigenvalue weighted by atomic mass is 10.1. The molecule has 0 aromatic carbocycles. The second-order valence-electron chi connectivity index (χ2n) is 5.12. The van der Waals surface area contributed by atoms with Gasteiger partial charge < -0.3 is 15.8 Å². The van der Waals surface area contributed by atoms with Gasteiger partial charge in [0.2, 0.25) is 5.88 Å². The second kappa shape index (κ2) is 6.42. The Balaban J connectivity index is 2.91. The second-order valence-corrected chi connectivity index (χ2v) is 5.12. The molecule has 0 atom stereocenters. The zero-order valence-corrected chi connectivity index (χ0v) is 11.9. The number of aromatic nitrogens is 2. The van der Waals surface area contributed by atoms with Crippen LogP contribution in [0.5, 0.6) is 5.88 Å². The first-order valence-corrected chi connectivity index (χ1v) is 6.41. The smallest absolute Gasteiger partial charge is 0.242 e. The molecule has 18 heavy (non-hydrogen) atoms. The third-order valence-electron chi connectivity index (χ3n) is 2.65. The van der Waals surface area contributed by atoms with Crippen LogP contribution in [0.3, 0.4) is 0 Å². The number of hydrogen-bond acceptors (Lipinski definition) is 5. The Kier molecular flexibility index (Phi) is 5.19. The van der Waals surface area contributed by atoms with Crippen LogP contribution in [0.1, 0.15) is 45.9 Å². The highest BCUT2D eigenvalue weighted by atomic mass is 16.5. The highest BCUT2D eigenvalue weighted by Gasteiger charge is 2.14. The van der Waals surface area contributed by atoms with Gasteiger partial charge in [-0.2, -0.15) is 4.98 Å². The van der Waals surface area contributed by atoms with E-state index in [4.69, 9.17) is 10.5 Å². The summed E-state index contributed by atoms with van der Waals surface area (Å²) in [6.07, 6.45) is 1.07. The zero-order chi connectivity index (χ0) is 13.7. The molecule has 0 bridgehead atoms. The summed E-state index contributed by atoms with van der Waals surface area (Å²) in [4.78, 5) is 8.75. The first-order chi connectivity index (χ1) is 8.45. The van der Waals surface area contributed by atoms with E-state index < -0.39 is 0 Å². The molecule has 0 radical (unpaired) electrons. The number of nitrogens with one attached hydrogen (secondary N) is 1. The molecule has 0 unspecified atom stereocenters. The molecule has 1 heterocycles. The standard InChI is InChI=1S/C13H24N4O/c1-8(2)6-7-15-12-10(14)13(18-5)17-11(16-12)9(3)4/h8-9H,6-7,14H2,1-5H3,(H,15,16,17). The Morgan fingerprint density at radius 1 is 1.22 bits per heavy atom. The summed E-state index contributed by atoms with van der Waals surface area (Å²) in [7, 11) is 1.57. The first kappa shape index (κ1) is 14.5. The minimum absolute atomic E-state index is 0.241. The van der Waals surface area contributed by atoms with Crippen LogP contribution in [-0.4, -0.2) is 23.6 Å². The van der Waals surface area contributed by atoms with Crippen molar-refractivity contribution in [2.24, 2.45) is 5.92 Å². The van der Waals surface area contributed by atoms with Gasteiger partial charge in [-0.05, 0) is 12.3 Å². The predicted molar refractivity (Wildman–Crippen MR) is 75.0 cm³/mol. The predicted octanol–water partition coefficient (Wildman–Crippen LogP) is 2.65. The fraction of sp³-hybridized carbons (Fsp3) is 0.692. The maximum Gasteiger partial charge on any atom is 0.242 e. The summed E-state index contributed by atoms with van der Waals surface area (Å²) in [5.41, 5.74) is 6.44. The van der Waals surface area contributed by atoms with Gasteiger partial charge in [0.25, 0.3) is 0 Å². The van der Waals surface area contributed by atoms with Crippen LogP contribution in [0.2, 0.25) is 0 Å². The Morgan fingerprint density at radius 3 is 2.39 bits per heavy atom. The van der Waals surface area contributed by atoms with E-state index in [9.17, 15) is 0 Å². The number of ether oxygens (including phenoxy) is 1. The van der Waals surface area contributed by atoms with Gasteiger partial charge in [-0.25, -0.2) is 4.98 Å². The summed E-state index contributed by atoms with van der Waals surface area (Å²) >= 11 is 0. The van der Waals surface area contributed by atoms with Gasteiger partial charge in [-0.3, -0.25) is 0 Å². The van der Waals surface area contributed by atoms with Crippen LogP contribution in [0.4, 0.5) is 11.5 Å². The van der Waals surface area contributed by atoms with Crippen molar-refractivity contribution in [2.75, 3.05) is 24.7 Å². The third kappa shape index (κ3) is 3.75. The van der Waals surface area contributed by atoms with Crippen molar-refractivity contribution in [3.05, 3.63) is 5.82 Å². The van der Waals surface area contributed by atoms with Crippen molar-refractivity contribution >= 4 is 11.5 Å². The minimum Gasteiger partial charge on any atom is -0.479 e. The molecule has 0 fully saturated rings. The average Bonchev–Trinajstić information content (AvgIpc) is 2.30. The van der Waals surface area contributed by atoms with Crippen molar-refractivity contribution in [3.63, 3.8) is 0 Å². The van der Waals surface area contributed by atoms with Gasteiger partial charge in [0.15, 0.2) is 5.82 Å². The van der Waals surface area contributed by atoms with E-state index in [1.54, 1.807) is 7.11 Å². The fourth-order valence-corrected chi connectivity index (χ4v) is 1.49. The molecule has 1 aromatic heterocycles. The lowest BCUT2D eigenvalue weighted by Gasteiger charge is -2.14. The van der Waals surface area contributed by atoms with E-state index >= 15 is 0 Å². The molecular weight excluding hydrogens is 228 g/mol. The summed E-state index contributed by atoms with van der Waals surface area (Å²) in [5, 5.41) is 3.26. The Bertz CT molecular complexity index is 391. The highest BCUT2D eigenvalue weighted by Crippen LogP contribution is 2.27. The number of nitrogens with zero attached hydrogens (tertiary/aromatic N) is 2. The largest absolute Gasteiger partial charge is 0.479 e. The quantitative estimate of drug-likeness (QED) is 0.814. The van der Waals surface area contributed by atoms with Crippen LogP contribution >= 0.6 is 0 Å². The van der Waals surface area contributed by atoms with Crippen LogP contribution in [0, 0.1) is 5.92 Å². The number of hydrogen-bond donors (Lipinski definition) is 2. The van der Waals surface area contributed by atoms with Crippen molar-refractivity contribution in [2.45, 2.75) is 40.0 Å². The van der Waals surface area contributed by atoms with Gasteiger partial charge in [-0.15, -0.1) is 0 Å². The minimum atomic E-state index is 0.241. The van der Waals surface area contributed by atoms with Crippen LogP contribution in [0.15, 0.2) is 0 Å². The molecular formula is C13H24N4O. The van der Waals surface area contributed by atoms with Gasteiger partial charge in [0.05, 0.1) is 7.11 Å². The molecule has 1 aromatic rings. The highest BCUT2D eigenvalue weighted by molar-refractivity contribution is 5.66. The van der Waals surface area contributed by atoms with Gasteiger partial charge in [0.1, 0.15) is 11.5 Å². The molecule has 5 nitrogen and oxygen atoms in total. The number of methoxy groups -OCH3 is 1. The molecule has 0 spiro atoms. The van der Waals surface area contributed by atoms with Crippen molar-refractivity contribution in [1.29, 1.82) is 0 Å². The molecule has 3 N–H and O–H groups in total.